The first-order chi connectivity index (χ1) is 7.83. The normalized spacial score (nSPS) is 17.1. The topological polar surface area (TPSA) is 27.7 Å². The lowest BCUT2D eigenvalue weighted by atomic mass is 9.88. The standard InChI is InChI=1S/C13H18O3/c1-3-5-7-14-9-13(11-16-12-13)10-15-8-6-4-2/h1-2H,5-12H2. The third kappa shape index (κ3) is 4.24. The molecule has 1 rings (SSSR count). The molecule has 0 radical (unpaired) electrons. The Labute approximate surface area is 97.5 Å². The van der Waals surface area contributed by atoms with Crippen LogP contribution in [0, 0.1) is 30.1 Å². The Morgan fingerprint density at radius 3 is 1.81 bits per heavy atom. The second kappa shape index (κ2) is 7.30. The van der Waals surface area contributed by atoms with Crippen molar-refractivity contribution >= 4 is 0 Å². The molecule has 88 valence electrons. The number of terminal acetylenes is 2. The fraction of sp³-hybridized carbons (Fsp3) is 0.692. The van der Waals surface area contributed by atoms with Crippen molar-refractivity contribution in [3.63, 3.8) is 0 Å². The van der Waals surface area contributed by atoms with E-state index in [0.29, 0.717) is 52.5 Å². The molecule has 3 heteroatoms. The molecular weight excluding hydrogens is 204 g/mol. The van der Waals surface area contributed by atoms with Gasteiger partial charge >= 0.3 is 0 Å². The molecule has 3 nitrogen and oxygen atoms in total. The first-order valence-electron chi connectivity index (χ1n) is 5.43. The summed E-state index contributed by atoms with van der Waals surface area (Å²) < 4.78 is 16.2. The molecule has 0 aliphatic carbocycles. The average Bonchev–Trinajstić information content (AvgIpc) is 2.25. The van der Waals surface area contributed by atoms with Gasteiger partial charge in [-0.1, -0.05) is 0 Å². The summed E-state index contributed by atoms with van der Waals surface area (Å²) in [5, 5.41) is 0. The van der Waals surface area contributed by atoms with E-state index in [-0.39, 0.29) is 5.41 Å². The van der Waals surface area contributed by atoms with Crippen LogP contribution in [0.25, 0.3) is 0 Å². The molecule has 1 fully saturated rings. The number of rotatable bonds is 8. The zero-order valence-electron chi connectivity index (χ0n) is 9.54. The van der Waals surface area contributed by atoms with Gasteiger partial charge < -0.3 is 14.2 Å². The van der Waals surface area contributed by atoms with Gasteiger partial charge in [-0.15, -0.1) is 24.7 Å². The van der Waals surface area contributed by atoms with E-state index in [0.717, 1.165) is 0 Å². The Bertz CT molecular complexity index is 244. The molecule has 1 aliphatic heterocycles. The summed E-state index contributed by atoms with van der Waals surface area (Å²) in [4.78, 5) is 0. The van der Waals surface area contributed by atoms with E-state index in [1.807, 2.05) is 0 Å². The zero-order valence-corrected chi connectivity index (χ0v) is 9.54. The van der Waals surface area contributed by atoms with Crippen LogP contribution in [-0.4, -0.2) is 39.6 Å². The second-order valence-corrected chi connectivity index (χ2v) is 4.01. The van der Waals surface area contributed by atoms with Gasteiger partial charge in [-0.2, -0.15) is 0 Å². The highest BCUT2D eigenvalue weighted by Crippen LogP contribution is 2.28. The van der Waals surface area contributed by atoms with Crippen LogP contribution in [-0.2, 0) is 14.2 Å². The molecule has 0 bridgehead atoms. The van der Waals surface area contributed by atoms with Crippen molar-refractivity contribution in [2.24, 2.45) is 5.41 Å². The molecule has 0 unspecified atom stereocenters. The van der Waals surface area contributed by atoms with Crippen molar-refractivity contribution in [2.75, 3.05) is 39.6 Å². The van der Waals surface area contributed by atoms with Crippen LogP contribution in [0.15, 0.2) is 0 Å². The Balaban J connectivity index is 2.13. The quantitative estimate of drug-likeness (QED) is 0.454. The summed E-state index contributed by atoms with van der Waals surface area (Å²) in [7, 11) is 0. The Hall–Kier alpha value is -1.00. The van der Waals surface area contributed by atoms with Crippen molar-refractivity contribution in [2.45, 2.75) is 12.8 Å². The highest BCUT2D eigenvalue weighted by molar-refractivity contribution is 4.87. The molecule has 0 aromatic rings. The smallest absolute Gasteiger partial charge is 0.0637 e. The second-order valence-electron chi connectivity index (χ2n) is 4.01. The predicted molar refractivity (Wildman–Crippen MR) is 61.8 cm³/mol. The van der Waals surface area contributed by atoms with E-state index in [4.69, 9.17) is 27.1 Å². The summed E-state index contributed by atoms with van der Waals surface area (Å²) in [5.74, 6) is 5.08. The molecule has 0 N–H and O–H groups in total. The summed E-state index contributed by atoms with van der Waals surface area (Å²) in [6.45, 7) is 3.87. The van der Waals surface area contributed by atoms with Gasteiger partial charge in [0.05, 0.1) is 45.1 Å². The molecule has 1 aliphatic rings. The summed E-state index contributed by atoms with van der Waals surface area (Å²) in [5.41, 5.74) is 0.0171. The van der Waals surface area contributed by atoms with Crippen LogP contribution in [0.4, 0.5) is 0 Å². The predicted octanol–water partition coefficient (Wildman–Crippen LogP) is 1.08. The van der Waals surface area contributed by atoms with Crippen molar-refractivity contribution in [3.05, 3.63) is 0 Å². The van der Waals surface area contributed by atoms with Gasteiger partial charge in [0.25, 0.3) is 0 Å². The lowest BCUT2D eigenvalue weighted by Gasteiger charge is -2.40. The molecule has 1 saturated heterocycles. The van der Waals surface area contributed by atoms with Crippen LogP contribution in [0.3, 0.4) is 0 Å². The molecule has 0 amide bonds. The maximum Gasteiger partial charge on any atom is 0.0637 e. The first-order valence-corrected chi connectivity index (χ1v) is 5.43. The maximum atomic E-state index is 5.50. The van der Waals surface area contributed by atoms with Gasteiger partial charge in [0.1, 0.15) is 0 Å². The summed E-state index contributed by atoms with van der Waals surface area (Å²) in [6, 6.07) is 0. The van der Waals surface area contributed by atoms with Crippen LogP contribution >= 0.6 is 0 Å². The van der Waals surface area contributed by atoms with Gasteiger partial charge in [-0.05, 0) is 0 Å². The highest BCUT2D eigenvalue weighted by atomic mass is 16.5. The van der Waals surface area contributed by atoms with Crippen LogP contribution in [0.5, 0.6) is 0 Å². The molecule has 0 aromatic carbocycles. The zero-order chi connectivity index (χ0) is 11.7. The summed E-state index contributed by atoms with van der Waals surface area (Å²) >= 11 is 0. The fourth-order valence-electron chi connectivity index (χ4n) is 1.44. The molecule has 0 atom stereocenters. The molecule has 0 saturated carbocycles. The van der Waals surface area contributed by atoms with Gasteiger partial charge in [0.15, 0.2) is 0 Å². The molecule has 0 aromatic heterocycles. The van der Waals surface area contributed by atoms with E-state index in [1.54, 1.807) is 0 Å². The SMILES string of the molecule is C#CCCOCC1(COCCC#C)COC1. The highest BCUT2D eigenvalue weighted by Gasteiger charge is 2.39. The van der Waals surface area contributed by atoms with Crippen molar-refractivity contribution < 1.29 is 14.2 Å². The third-order valence-electron chi connectivity index (χ3n) is 2.41. The van der Waals surface area contributed by atoms with Gasteiger partial charge in [-0.3, -0.25) is 0 Å². The minimum atomic E-state index is 0.0171. The van der Waals surface area contributed by atoms with E-state index >= 15 is 0 Å². The molecular formula is C13H18O3. The van der Waals surface area contributed by atoms with Crippen LogP contribution in [0.1, 0.15) is 12.8 Å². The van der Waals surface area contributed by atoms with Crippen LogP contribution < -0.4 is 0 Å². The lowest BCUT2D eigenvalue weighted by Crippen LogP contribution is -2.49. The third-order valence-corrected chi connectivity index (χ3v) is 2.41. The fourth-order valence-corrected chi connectivity index (χ4v) is 1.44. The first kappa shape index (κ1) is 13.1. The van der Waals surface area contributed by atoms with Crippen molar-refractivity contribution in [3.8, 4) is 24.7 Å². The van der Waals surface area contributed by atoms with E-state index in [2.05, 4.69) is 11.8 Å². The van der Waals surface area contributed by atoms with Crippen molar-refractivity contribution in [1.82, 2.24) is 0 Å². The van der Waals surface area contributed by atoms with Gasteiger partial charge in [0, 0.05) is 12.8 Å². The van der Waals surface area contributed by atoms with Gasteiger partial charge in [-0.25, -0.2) is 0 Å². The minimum Gasteiger partial charge on any atom is -0.380 e. The Morgan fingerprint density at radius 1 is 1.00 bits per heavy atom. The molecule has 16 heavy (non-hydrogen) atoms. The van der Waals surface area contributed by atoms with Gasteiger partial charge in [0.2, 0.25) is 0 Å². The lowest BCUT2D eigenvalue weighted by molar-refractivity contribution is -0.177. The molecule has 1 heterocycles. The minimum absolute atomic E-state index is 0.0171. The average molecular weight is 222 g/mol. The van der Waals surface area contributed by atoms with E-state index in [1.165, 1.54) is 0 Å². The Kier molecular flexibility index (Phi) is 5.96. The Morgan fingerprint density at radius 2 is 1.50 bits per heavy atom. The number of hydrogen-bond acceptors (Lipinski definition) is 3. The van der Waals surface area contributed by atoms with E-state index < -0.39 is 0 Å². The summed E-state index contributed by atoms with van der Waals surface area (Å²) in [6.07, 6.45) is 11.6. The van der Waals surface area contributed by atoms with Crippen molar-refractivity contribution in [1.29, 1.82) is 0 Å². The monoisotopic (exact) mass is 222 g/mol. The van der Waals surface area contributed by atoms with E-state index in [9.17, 15) is 0 Å². The number of ether oxygens (including phenoxy) is 3. The number of hydrogen-bond donors (Lipinski definition) is 0. The largest absolute Gasteiger partial charge is 0.380 e. The van der Waals surface area contributed by atoms with Crippen LogP contribution in [0.2, 0.25) is 0 Å². The maximum absolute atomic E-state index is 5.50. The molecule has 0 spiro atoms.